The molecule has 1 rings (SSSR count). The van der Waals surface area contributed by atoms with Crippen LogP contribution in [0.25, 0.3) is 0 Å². The van der Waals surface area contributed by atoms with Gasteiger partial charge in [-0.3, -0.25) is 0 Å². The van der Waals surface area contributed by atoms with Crippen molar-refractivity contribution in [1.82, 2.24) is 0 Å². The van der Waals surface area contributed by atoms with Crippen LogP contribution in [0, 0.1) is 5.92 Å². The molecule has 0 aromatic rings. The van der Waals surface area contributed by atoms with Crippen LogP contribution in [0.2, 0.25) is 0 Å². The molecule has 1 aliphatic rings. The van der Waals surface area contributed by atoms with Crippen molar-refractivity contribution in [3.63, 3.8) is 0 Å². The summed E-state index contributed by atoms with van der Waals surface area (Å²) in [5.74, 6) is 1.06. The van der Waals surface area contributed by atoms with Crippen molar-refractivity contribution in [3.05, 3.63) is 0 Å². The highest BCUT2D eigenvalue weighted by atomic mass is 79.9. The van der Waals surface area contributed by atoms with Crippen molar-refractivity contribution < 1.29 is 21.9 Å². The van der Waals surface area contributed by atoms with Crippen LogP contribution in [0.4, 0.5) is 0 Å². The molecule has 0 aliphatic carbocycles. The summed E-state index contributed by atoms with van der Waals surface area (Å²) in [6.07, 6.45) is 17.5. The lowest BCUT2D eigenvalue weighted by atomic mass is 10.00. The molecule has 2 unspecified atom stereocenters. The summed E-state index contributed by atoms with van der Waals surface area (Å²) in [4.78, 5) is 1.91. The van der Waals surface area contributed by atoms with E-state index in [1.807, 2.05) is 4.90 Å². The second-order valence-corrected chi connectivity index (χ2v) is 6.73. The first-order valence-electron chi connectivity index (χ1n) is 9.20. The molecule has 0 aromatic heterocycles. The predicted octanol–water partition coefficient (Wildman–Crippen LogP) is 1.23. The Kier molecular flexibility index (Phi) is 14.7. The van der Waals surface area contributed by atoms with E-state index in [2.05, 4.69) is 13.8 Å². The van der Waals surface area contributed by atoms with Gasteiger partial charge in [-0.25, -0.2) is 0 Å². The Morgan fingerprint density at radius 1 is 0.800 bits per heavy atom. The van der Waals surface area contributed by atoms with Crippen molar-refractivity contribution in [2.75, 3.05) is 19.6 Å². The van der Waals surface area contributed by atoms with E-state index in [1.165, 1.54) is 96.7 Å². The summed E-state index contributed by atoms with van der Waals surface area (Å²) in [5.41, 5.74) is 0. The topological polar surface area (TPSA) is 4.44 Å². The summed E-state index contributed by atoms with van der Waals surface area (Å²) in [5, 5.41) is 0. The Morgan fingerprint density at radius 3 is 2.05 bits per heavy atom. The molecule has 2 heteroatoms. The molecule has 20 heavy (non-hydrogen) atoms. The zero-order valence-electron chi connectivity index (χ0n) is 14.1. The van der Waals surface area contributed by atoms with Crippen molar-refractivity contribution in [2.45, 2.75) is 90.9 Å². The first-order valence-corrected chi connectivity index (χ1v) is 9.20. The van der Waals surface area contributed by atoms with Crippen molar-refractivity contribution in [1.29, 1.82) is 0 Å². The normalized spacial score (nSPS) is 21.9. The molecule has 1 fully saturated rings. The Balaban J connectivity index is 0.00000361. The van der Waals surface area contributed by atoms with E-state index in [4.69, 9.17) is 0 Å². The van der Waals surface area contributed by atoms with E-state index < -0.39 is 0 Å². The van der Waals surface area contributed by atoms with E-state index in [0.29, 0.717) is 0 Å². The Hall–Kier alpha value is 0.440. The maximum atomic E-state index is 2.30. The van der Waals surface area contributed by atoms with Crippen LogP contribution in [0.5, 0.6) is 0 Å². The Morgan fingerprint density at radius 2 is 1.40 bits per heavy atom. The first kappa shape index (κ1) is 20.4. The quantitative estimate of drug-likeness (QED) is 0.506. The molecule has 122 valence electrons. The number of rotatable bonds is 12. The highest BCUT2D eigenvalue weighted by Gasteiger charge is 2.24. The van der Waals surface area contributed by atoms with Gasteiger partial charge in [-0.1, -0.05) is 65.2 Å². The highest BCUT2D eigenvalue weighted by molar-refractivity contribution is 4.63. The lowest BCUT2D eigenvalue weighted by Gasteiger charge is -2.13. The van der Waals surface area contributed by atoms with Gasteiger partial charge in [0.1, 0.15) is 0 Å². The predicted molar refractivity (Wildman–Crippen MR) is 85.8 cm³/mol. The third-order valence-corrected chi connectivity index (χ3v) is 4.83. The van der Waals surface area contributed by atoms with Gasteiger partial charge in [0.2, 0.25) is 0 Å². The standard InChI is InChI=1S/C18H37N.BrH/c1-3-5-7-9-11-13-18-14-16-19(17-18)15-12-10-8-6-4-2;/h18H,3-17H2,1-2H3;1H. The van der Waals surface area contributed by atoms with Crippen LogP contribution in [0.1, 0.15) is 90.9 Å². The average molecular weight is 348 g/mol. The number of hydrogen-bond acceptors (Lipinski definition) is 0. The van der Waals surface area contributed by atoms with Crippen LogP contribution < -0.4 is 21.9 Å². The molecule has 0 aromatic carbocycles. The second-order valence-electron chi connectivity index (χ2n) is 6.73. The molecular formula is C18H38BrN. The van der Waals surface area contributed by atoms with Crippen molar-refractivity contribution >= 4 is 0 Å². The maximum absolute atomic E-state index is 2.30. The zero-order chi connectivity index (χ0) is 13.8. The van der Waals surface area contributed by atoms with Gasteiger partial charge >= 0.3 is 0 Å². The van der Waals surface area contributed by atoms with Gasteiger partial charge in [-0.15, -0.1) is 0 Å². The van der Waals surface area contributed by atoms with Crippen LogP contribution in [0.15, 0.2) is 0 Å². The fraction of sp³-hybridized carbons (Fsp3) is 1.00. The van der Waals surface area contributed by atoms with Gasteiger partial charge in [0, 0.05) is 12.3 Å². The SMILES string of the molecule is CCCCCCCC1CC[NH+](CCCCCCC)C1.[Br-]. The smallest absolute Gasteiger partial charge is 0.0801 e. The van der Waals surface area contributed by atoms with Crippen LogP contribution in [-0.2, 0) is 0 Å². The number of unbranched alkanes of at least 4 members (excludes halogenated alkanes) is 8. The van der Waals surface area contributed by atoms with Crippen LogP contribution in [0.3, 0.4) is 0 Å². The molecule has 0 spiro atoms. The van der Waals surface area contributed by atoms with Crippen molar-refractivity contribution in [3.8, 4) is 0 Å². The molecule has 2 atom stereocenters. The van der Waals surface area contributed by atoms with Gasteiger partial charge in [0.25, 0.3) is 0 Å². The molecule has 1 heterocycles. The maximum Gasteiger partial charge on any atom is 0.0801 e. The molecular weight excluding hydrogens is 310 g/mol. The lowest BCUT2D eigenvalue weighted by molar-refractivity contribution is -0.889. The van der Waals surface area contributed by atoms with Crippen LogP contribution in [-0.4, -0.2) is 19.6 Å². The van der Waals surface area contributed by atoms with Crippen molar-refractivity contribution in [2.24, 2.45) is 5.92 Å². The Labute approximate surface area is 138 Å². The van der Waals surface area contributed by atoms with E-state index >= 15 is 0 Å². The minimum absolute atomic E-state index is 0. The van der Waals surface area contributed by atoms with E-state index in [1.54, 1.807) is 0 Å². The summed E-state index contributed by atoms with van der Waals surface area (Å²) in [6, 6.07) is 0. The minimum Gasteiger partial charge on any atom is -1.00 e. The number of quaternary nitrogens is 1. The molecule has 0 radical (unpaired) electrons. The third kappa shape index (κ3) is 10.2. The van der Waals surface area contributed by atoms with Gasteiger partial charge in [0.05, 0.1) is 19.6 Å². The summed E-state index contributed by atoms with van der Waals surface area (Å²) < 4.78 is 0. The highest BCUT2D eigenvalue weighted by Crippen LogP contribution is 2.15. The molecule has 0 bridgehead atoms. The largest absolute Gasteiger partial charge is 1.00 e. The molecule has 1 N–H and O–H groups in total. The molecule has 1 nitrogen and oxygen atoms in total. The zero-order valence-corrected chi connectivity index (χ0v) is 15.6. The monoisotopic (exact) mass is 347 g/mol. The fourth-order valence-electron chi connectivity index (χ4n) is 3.51. The van der Waals surface area contributed by atoms with Crippen LogP contribution >= 0.6 is 0 Å². The van der Waals surface area contributed by atoms with Gasteiger partial charge < -0.3 is 21.9 Å². The first-order chi connectivity index (χ1) is 9.36. The lowest BCUT2D eigenvalue weighted by Crippen LogP contribution is -3.10. The van der Waals surface area contributed by atoms with E-state index in [9.17, 15) is 0 Å². The van der Waals surface area contributed by atoms with E-state index in [0.717, 1.165) is 5.92 Å². The Bertz CT molecular complexity index is 176. The summed E-state index contributed by atoms with van der Waals surface area (Å²) >= 11 is 0. The summed E-state index contributed by atoms with van der Waals surface area (Å²) in [7, 11) is 0. The van der Waals surface area contributed by atoms with Gasteiger partial charge in [-0.2, -0.15) is 0 Å². The number of hydrogen-bond donors (Lipinski definition) is 1. The molecule has 1 aliphatic heterocycles. The number of likely N-dealkylation sites (tertiary alicyclic amines) is 1. The molecule has 0 amide bonds. The van der Waals surface area contributed by atoms with Gasteiger partial charge in [0.15, 0.2) is 0 Å². The molecule has 0 saturated carbocycles. The summed E-state index contributed by atoms with van der Waals surface area (Å²) in [6.45, 7) is 9.01. The van der Waals surface area contributed by atoms with Gasteiger partial charge in [-0.05, 0) is 19.3 Å². The van der Waals surface area contributed by atoms with E-state index in [-0.39, 0.29) is 17.0 Å². The number of nitrogens with one attached hydrogen (secondary N) is 1. The fourth-order valence-corrected chi connectivity index (χ4v) is 3.51. The number of halogens is 1. The second kappa shape index (κ2) is 14.4. The molecule has 1 saturated heterocycles. The third-order valence-electron chi connectivity index (χ3n) is 4.83. The average Bonchev–Trinajstić information content (AvgIpc) is 2.86. The minimum atomic E-state index is 0.